The molecule has 26 heavy (non-hydrogen) atoms. The second-order valence-electron chi connectivity index (χ2n) is 6.29. The Morgan fingerprint density at radius 3 is 1.23 bits per heavy atom. The lowest BCUT2D eigenvalue weighted by Gasteiger charge is -2.17. The van der Waals surface area contributed by atoms with Gasteiger partial charge in [0, 0.05) is 0 Å². The summed E-state index contributed by atoms with van der Waals surface area (Å²) in [4.78, 5) is 0. The zero-order chi connectivity index (χ0) is 17.8. The molecule has 126 valence electrons. The molecule has 0 bridgehead atoms. The third-order valence-electron chi connectivity index (χ3n) is 4.67. The van der Waals surface area contributed by atoms with E-state index in [9.17, 15) is 0 Å². The van der Waals surface area contributed by atoms with E-state index < -0.39 is 0 Å². The Hall–Kier alpha value is -2.69. The third-order valence-corrected chi connectivity index (χ3v) is 5.70. The van der Waals surface area contributed by atoms with E-state index in [0.717, 1.165) is 8.58 Å². The summed E-state index contributed by atoms with van der Waals surface area (Å²) in [5, 5.41) is 1.43. The molecular formula is C25H21P. The van der Waals surface area contributed by atoms with E-state index in [-0.39, 0.29) is 0 Å². The Labute approximate surface area is 157 Å². The summed E-state index contributed by atoms with van der Waals surface area (Å²) >= 11 is 0. The number of rotatable bonds is 4. The summed E-state index contributed by atoms with van der Waals surface area (Å²) in [5.74, 6) is 0. The van der Waals surface area contributed by atoms with Gasteiger partial charge in [0.15, 0.2) is 0 Å². The molecule has 0 saturated heterocycles. The van der Waals surface area contributed by atoms with Gasteiger partial charge in [-0.15, -0.1) is 0 Å². The molecule has 1 unspecified atom stereocenters. The summed E-state index contributed by atoms with van der Waals surface area (Å²) in [5.41, 5.74) is 7.77. The SMILES string of the molecule is CPc1c(-c2ccccc2)cc(-c2ccccc2)cc1-c1ccccc1. The predicted molar refractivity (Wildman–Crippen MR) is 117 cm³/mol. The first-order valence-corrected chi connectivity index (χ1v) is 10.4. The lowest BCUT2D eigenvalue weighted by molar-refractivity contribution is 1.59. The van der Waals surface area contributed by atoms with Gasteiger partial charge in [0.1, 0.15) is 0 Å². The van der Waals surface area contributed by atoms with Crippen molar-refractivity contribution >= 4 is 13.9 Å². The summed E-state index contributed by atoms with van der Waals surface area (Å²) < 4.78 is 0. The molecule has 0 radical (unpaired) electrons. The number of hydrogen-bond donors (Lipinski definition) is 0. The van der Waals surface area contributed by atoms with Gasteiger partial charge >= 0.3 is 0 Å². The van der Waals surface area contributed by atoms with Crippen LogP contribution in [0.3, 0.4) is 0 Å². The normalized spacial score (nSPS) is 11.1. The molecule has 0 nitrogen and oxygen atoms in total. The molecule has 4 aromatic rings. The van der Waals surface area contributed by atoms with Gasteiger partial charge in [-0.25, -0.2) is 0 Å². The van der Waals surface area contributed by atoms with E-state index >= 15 is 0 Å². The lowest BCUT2D eigenvalue weighted by atomic mass is 9.93. The van der Waals surface area contributed by atoms with Crippen molar-refractivity contribution in [3.63, 3.8) is 0 Å². The summed E-state index contributed by atoms with van der Waals surface area (Å²) in [6.07, 6.45) is 0. The highest BCUT2D eigenvalue weighted by molar-refractivity contribution is 7.47. The molecule has 1 heteroatoms. The molecule has 0 amide bonds. The molecule has 4 aromatic carbocycles. The Kier molecular flexibility index (Phi) is 4.95. The van der Waals surface area contributed by atoms with Crippen molar-refractivity contribution in [1.82, 2.24) is 0 Å². The maximum absolute atomic E-state index is 2.35. The van der Waals surface area contributed by atoms with Gasteiger partial charge in [-0.3, -0.25) is 0 Å². The topological polar surface area (TPSA) is 0 Å². The quantitative estimate of drug-likeness (QED) is 0.362. The van der Waals surface area contributed by atoms with Gasteiger partial charge in [-0.1, -0.05) is 99.6 Å². The first-order valence-electron chi connectivity index (χ1n) is 8.89. The average Bonchev–Trinajstić information content (AvgIpc) is 2.74. The molecule has 0 N–H and O–H groups in total. The smallest absolute Gasteiger partial charge is 0.00973 e. The lowest BCUT2D eigenvalue weighted by Crippen LogP contribution is -2.05. The summed E-state index contributed by atoms with van der Waals surface area (Å²) in [7, 11) is 0.733. The number of hydrogen-bond acceptors (Lipinski definition) is 0. The van der Waals surface area contributed by atoms with Crippen LogP contribution in [0.15, 0.2) is 103 Å². The zero-order valence-electron chi connectivity index (χ0n) is 14.8. The summed E-state index contributed by atoms with van der Waals surface area (Å²) in [6.45, 7) is 2.27. The van der Waals surface area contributed by atoms with E-state index in [4.69, 9.17) is 0 Å². The van der Waals surface area contributed by atoms with Gasteiger partial charge in [-0.05, 0) is 57.5 Å². The highest BCUT2D eigenvalue weighted by Crippen LogP contribution is 2.34. The van der Waals surface area contributed by atoms with Crippen LogP contribution in [0.4, 0.5) is 0 Å². The van der Waals surface area contributed by atoms with Crippen LogP contribution in [0.5, 0.6) is 0 Å². The largest absolute Gasteiger partial charge is 0.0922 e. The van der Waals surface area contributed by atoms with Crippen LogP contribution in [0.25, 0.3) is 33.4 Å². The molecule has 0 heterocycles. The fourth-order valence-electron chi connectivity index (χ4n) is 3.40. The number of benzene rings is 4. The van der Waals surface area contributed by atoms with E-state index in [1.165, 1.54) is 38.7 Å². The molecule has 0 aromatic heterocycles. The minimum absolute atomic E-state index is 0.733. The maximum atomic E-state index is 2.35. The zero-order valence-corrected chi connectivity index (χ0v) is 15.8. The monoisotopic (exact) mass is 352 g/mol. The van der Waals surface area contributed by atoms with Crippen LogP contribution >= 0.6 is 8.58 Å². The maximum Gasteiger partial charge on any atom is -0.00973 e. The Morgan fingerprint density at radius 1 is 0.462 bits per heavy atom. The molecule has 0 aliphatic rings. The predicted octanol–water partition coefficient (Wildman–Crippen LogP) is 6.62. The second-order valence-corrected chi connectivity index (χ2v) is 7.29. The third kappa shape index (κ3) is 3.34. The molecule has 0 fully saturated rings. The average molecular weight is 352 g/mol. The molecule has 0 aliphatic heterocycles. The molecule has 1 atom stereocenters. The van der Waals surface area contributed by atoms with E-state index in [1.807, 2.05) is 0 Å². The van der Waals surface area contributed by atoms with Crippen molar-refractivity contribution in [3.05, 3.63) is 103 Å². The molecule has 4 rings (SSSR count). The molecule has 0 aliphatic carbocycles. The minimum atomic E-state index is 0.733. The highest BCUT2D eigenvalue weighted by atomic mass is 31.1. The standard InChI is InChI=1S/C25H21P/c1-26-25-23(20-13-7-3-8-14-20)17-22(19-11-5-2-6-12-19)18-24(25)21-15-9-4-10-16-21/h2-18,26H,1H3. The van der Waals surface area contributed by atoms with Crippen molar-refractivity contribution in [2.45, 2.75) is 0 Å². The molecular weight excluding hydrogens is 331 g/mol. The van der Waals surface area contributed by atoms with Crippen LogP contribution in [0.2, 0.25) is 0 Å². The van der Waals surface area contributed by atoms with Gasteiger partial charge in [-0.2, -0.15) is 0 Å². The van der Waals surface area contributed by atoms with Crippen LogP contribution in [-0.4, -0.2) is 6.66 Å². The van der Waals surface area contributed by atoms with E-state index in [1.54, 1.807) is 0 Å². The van der Waals surface area contributed by atoms with E-state index in [2.05, 4.69) is 110 Å². The Morgan fingerprint density at radius 2 is 0.846 bits per heavy atom. The minimum Gasteiger partial charge on any atom is -0.0922 e. The van der Waals surface area contributed by atoms with Crippen LogP contribution in [0.1, 0.15) is 0 Å². The van der Waals surface area contributed by atoms with Crippen molar-refractivity contribution < 1.29 is 0 Å². The fourth-order valence-corrected chi connectivity index (χ4v) is 4.37. The van der Waals surface area contributed by atoms with E-state index in [0.29, 0.717) is 0 Å². The van der Waals surface area contributed by atoms with Crippen molar-refractivity contribution in [2.75, 3.05) is 6.66 Å². The first-order chi connectivity index (χ1) is 12.9. The fraction of sp³-hybridized carbons (Fsp3) is 0.0400. The van der Waals surface area contributed by atoms with Crippen LogP contribution in [0, 0.1) is 0 Å². The van der Waals surface area contributed by atoms with Gasteiger partial charge in [0.25, 0.3) is 0 Å². The van der Waals surface area contributed by atoms with Gasteiger partial charge < -0.3 is 0 Å². The van der Waals surface area contributed by atoms with Crippen molar-refractivity contribution in [2.24, 2.45) is 0 Å². The van der Waals surface area contributed by atoms with Gasteiger partial charge in [0.2, 0.25) is 0 Å². The van der Waals surface area contributed by atoms with Crippen LogP contribution < -0.4 is 5.30 Å². The molecule has 0 spiro atoms. The Balaban J connectivity index is 2.01. The van der Waals surface area contributed by atoms with Crippen molar-refractivity contribution in [1.29, 1.82) is 0 Å². The Bertz CT molecular complexity index is 929. The second kappa shape index (κ2) is 7.68. The summed E-state index contributed by atoms with van der Waals surface area (Å²) in [6, 6.07) is 36.8. The first kappa shape index (κ1) is 16.8. The van der Waals surface area contributed by atoms with Gasteiger partial charge in [0.05, 0.1) is 0 Å². The highest BCUT2D eigenvalue weighted by Gasteiger charge is 2.13. The molecule has 0 saturated carbocycles. The van der Waals surface area contributed by atoms with Crippen molar-refractivity contribution in [3.8, 4) is 33.4 Å². The van der Waals surface area contributed by atoms with Crippen LogP contribution in [-0.2, 0) is 0 Å².